The summed E-state index contributed by atoms with van der Waals surface area (Å²) in [6, 6.07) is 6.15. The van der Waals surface area contributed by atoms with E-state index < -0.39 is 0 Å². The second-order valence-electron chi connectivity index (χ2n) is 6.15. The van der Waals surface area contributed by atoms with Gasteiger partial charge < -0.3 is 14.8 Å². The van der Waals surface area contributed by atoms with Crippen LogP contribution in [0.15, 0.2) is 23.1 Å². The van der Waals surface area contributed by atoms with Gasteiger partial charge in [-0.05, 0) is 49.3 Å². The van der Waals surface area contributed by atoms with Crippen LogP contribution in [0, 0.1) is 11.8 Å². The van der Waals surface area contributed by atoms with Crippen LogP contribution in [-0.2, 0) is 4.79 Å². The first-order valence-electron chi connectivity index (χ1n) is 7.83. The van der Waals surface area contributed by atoms with Crippen LogP contribution >= 0.6 is 11.8 Å². The van der Waals surface area contributed by atoms with Crippen molar-refractivity contribution in [2.75, 3.05) is 20.0 Å². The van der Waals surface area contributed by atoms with Crippen molar-refractivity contribution in [3.63, 3.8) is 0 Å². The Morgan fingerprint density at radius 1 is 1.23 bits per heavy atom. The highest BCUT2D eigenvalue weighted by Crippen LogP contribution is 2.44. The summed E-state index contributed by atoms with van der Waals surface area (Å²) in [6.45, 7) is 0. The van der Waals surface area contributed by atoms with E-state index in [1.54, 1.807) is 14.2 Å². The molecular weight excluding hydrogens is 298 g/mol. The van der Waals surface area contributed by atoms with E-state index in [0.717, 1.165) is 16.7 Å². The fourth-order valence-electron chi connectivity index (χ4n) is 3.73. The molecule has 120 valence electrons. The van der Waals surface area contributed by atoms with Crippen LogP contribution in [-0.4, -0.2) is 31.9 Å². The monoisotopic (exact) mass is 321 g/mol. The maximum atomic E-state index is 12.1. The molecule has 1 aromatic rings. The fourth-order valence-corrected chi connectivity index (χ4v) is 4.46. The van der Waals surface area contributed by atoms with Gasteiger partial charge in [0.15, 0.2) is 11.5 Å². The minimum absolute atomic E-state index is 0.136. The van der Waals surface area contributed by atoms with Crippen LogP contribution in [0.2, 0.25) is 0 Å². The molecule has 1 N–H and O–H groups in total. The minimum Gasteiger partial charge on any atom is -0.493 e. The predicted octanol–water partition coefficient (Wildman–Crippen LogP) is 3.10. The highest BCUT2D eigenvalue weighted by atomic mass is 32.2. The smallest absolute Gasteiger partial charge is 0.230 e. The zero-order valence-corrected chi connectivity index (χ0v) is 13.9. The Balaban J connectivity index is 1.50. The van der Waals surface area contributed by atoms with E-state index in [0.29, 0.717) is 23.3 Å². The molecule has 1 aromatic carbocycles. The van der Waals surface area contributed by atoms with Crippen molar-refractivity contribution >= 4 is 17.7 Å². The number of benzene rings is 1. The van der Waals surface area contributed by atoms with Gasteiger partial charge in [-0.25, -0.2) is 0 Å². The standard InChI is InChI=1S/C17H23NO3S/c1-20-15-6-5-13(9-16(15)21-2)22-10-17(19)18-14-8-11-3-4-12(14)7-11/h5-6,9,11-12,14H,3-4,7-8,10H2,1-2H3,(H,18,19)/t11-,12+,14-/m0/s1. The van der Waals surface area contributed by atoms with Crippen LogP contribution < -0.4 is 14.8 Å². The van der Waals surface area contributed by atoms with E-state index in [4.69, 9.17) is 9.47 Å². The van der Waals surface area contributed by atoms with E-state index in [1.807, 2.05) is 18.2 Å². The number of ether oxygens (including phenoxy) is 2. The summed E-state index contributed by atoms with van der Waals surface area (Å²) >= 11 is 1.53. The van der Waals surface area contributed by atoms with Gasteiger partial charge in [0, 0.05) is 10.9 Å². The number of fused-ring (bicyclic) bond motifs is 2. The number of thioether (sulfide) groups is 1. The van der Waals surface area contributed by atoms with Gasteiger partial charge in [0.05, 0.1) is 20.0 Å². The molecule has 22 heavy (non-hydrogen) atoms. The van der Waals surface area contributed by atoms with Crippen molar-refractivity contribution in [2.45, 2.75) is 36.6 Å². The number of carbonyl (C=O) groups is 1. The van der Waals surface area contributed by atoms with Crippen LogP contribution in [0.1, 0.15) is 25.7 Å². The van der Waals surface area contributed by atoms with Gasteiger partial charge in [-0.1, -0.05) is 6.42 Å². The van der Waals surface area contributed by atoms with Gasteiger partial charge in [-0.3, -0.25) is 4.79 Å². The van der Waals surface area contributed by atoms with Crippen molar-refractivity contribution in [3.8, 4) is 11.5 Å². The van der Waals surface area contributed by atoms with Gasteiger partial charge in [-0.2, -0.15) is 0 Å². The number of hydrogen-bond donors (Lipinski definition) is 1. The molecule has 2 fully saturated rings. The van der Waals surface area contributed by atoms with E-state index in [2.05, 4.69) is 5.32 Å². The average Bonchev–Trinajstić information content (AvgIpc) is 3.15. The highest BCUT2D eigenvalue weighted by Gasteiger charge is 2.39. The number of methoxy groups -OCH3 is 2. The van der Waals surface area contributed by atoms with Gasteiger partial charge in [0.2, 0.25) is 5.91 Å². The van der Waals surface area contributed by atoms with Crippen molar-refractivity contribution in [3.05, 3.63) is 18.2 Å². The molecule has 1 amide bonds. The molecule has 2 aliphatic rings. The van der Waals surface area contributed by atoms with Gasteiger partial charge in [0.1, 0.15) is 0 Å². The summed E-state index contributed by atoms with van der Waals surface area (Å²) in [5.74, 6) is 3.56. The lowest BCUT2D eigenvalue weighted by atomic mass is 9.95. The second-order valence-corrected chi connectivity index (χ2v) is 7.20. The molecule has 0 saturated heterocycles. The first-order valence-corrected chi connectivity index (χ1v) is 8.82. The largest absolute Gasteiger partial charge is 0.493 e. The molecule has 5 heteroatoms. The number of hydrogen-bond acceptors (Lipinski definition) is 4. The third-order valence-corrected chi connectivity index (χ3v) is 5.80. The lowest BCUT2D eigenvalue weighted by Gasteiger charge is -2.22. The first-order chi connectivity index (χ1) is 10.7. The summed E-state index contributed by atoms with van der Waals surface area (Å²) < 4.78 is 10.5. The number of nitrogens with one attached hydrogen (secondary N) is 1. The molecule has 0 spiro atoms. The molecule has 4 nitrogen and oxygen atoms in total. The average molecular weight is 321 g/mol. The van der Waals surface area contributed by atoms with Crippen molar-refractivity contribution in [1.29, 1.82) is 0 Å². The van der Waals surface area contributed by atoms with E-state index >= 15 is 0 Å². The fraction of sp³-hybridized carbons (Fsp3) is 0.588. The summed E-state index contributed by atoms with van der Waals surface area (Å²) in [7, 11) is 3.24. The third kappa shape index (κ3) is 3.35. The SMILES string of the molecule is COc1ccc(SCC(=O)N[C@H]2C[C@H]3CC[C@@H]2C3)cc1OC. The Bertz CT molecular complexity index is 549. The Morgan fingerprint density at radius 2 is 2.05 bits per heavy atom. The molecule has 0 unspecified atom stereocenters. The quantitative estimate of drug-likeness (QED) is 0.818. The Morgan fingerprint density at radius 3 is 2.68 bits per heavy atom. The maximum Gasteiger partial charge on any atom is 0.230 e. The topological polar surface area (TPSA) is 47.6 Å². The van der Waals surface area contributed by atoms with E-state index in [1.165, 1.54) is 37.4 Å². The van der Waals surface area contributed by atoms with Crippen molar-refractivity contribution < 1.29 is 14.3 Å². The number of carbonyl (C=O) groups excluding carboxylic acids is 1. The molecule has 2 saturated carbocycles. The van der Waals surface area contributed by atoms with Gasteiger partial charge >= 0.3 is 0 Å². The number of amides is 1. The van der Waals surface area contributed by atoms with Crippen molar-refractivity contribution in [2.24, 2.45) is 11.8 Å². The van der Waals surface area contributed by atoms with Crippen LogP contribution in [0.5, 0.6) is 11.5 Å². The maximum absolute atomic E-state index is 12.1. The van der Waals surface area contributed by atoms with Crippen LogP contribution in [0.3, 0.4) is 0 Å². The van der Waals surface area contributed by atoms with Crippen LogP contribution in [0.25, 0.3) is 0 Å². The molecule has 0 radical (unpaired) electrons. The second kappa shape index (κ2) is 6.82. The molecular formula is C17H23NO3S. The Hall–Kier alpha value is -1.36. The van der Waals surface area contributed by atoms with Crippen molar-refractivity contribution in [1.82, 2.24) is 5.32 Å². The van der Waals surface area contributed by atoms with Crippen LogP contribution in [0.4, 0.5) is 0 Å². The predicted molar refractivity (Wildman–Crippen MR) is 87.6 cm³/mol. The molecule has 3 atom stereocenters. The van der Waals surface area contributed by atoms with Gasteiger partial charge in [-0.15, -0.1) is 11.8 Å². The van der Waals surface area contributed by atoms with E-state index in [-0.39, 0.29) is 5.91 Å². The minimum atomic E-state index is 0.136. The number of rotatable bonds is 6. The summed E-state index contributed by atoms with van der Waals surface area (Å²) in [5, 5.41) is 3.22. The lowest BCUT2D eigenvalue weighted by Crippen LogP contribution is -2.39. The molecule has 0 heterocycles. The van der Waals surface area contributed by atoms with E-state index in [9.17, 15) is 4.79 Å². The molecule has 2 aliphatic carbocycles. The molecule has 2 bridgehead atoms. The Kier molecular flexibility index (Phi) is 4.81. The van der Waals surface area contributed by atoms with Gasteiger partial charge in [0.25, 0.3) is 0 Å². The lowest BCUT2D eigenvalue weighted by molar-refractivity contribution is -0.119. The zero-order valence-electron chi connectivity index (χ0n) is 13.1. The Labute approximate surface area is 135 Å². The molecule has 3 rings (SSSR count). The zero-order chi connectivity index (χ0) is 15.5. The summed E-state index contributed by atoms with van der Waals surface area (Å²) in [4.78, 5) is 13.2. The first kappa shape index (κ1) is 15.5. The normalized spacial score (nSPS) is 26.0. The summed E-state index contributed by atoms with van der Waals surface area (Å²) in [6.07, 6.45) is 5.14. The molecule has 0 aromatic heterocycles. The highest BCUT2D eigenvalue weighted by molar-refractivity contribution is 8.00. The third-order valence-electron chi connectivity index (χ3n) is 4.81. The molecule has 0 aliphatic heterocycles. The summed E-state index contributed by atoms with van der Waals surface area (Å²) in [5.41, 5.74) is 0.